The highest BCUT2D eigenvalue weighted by atomic mass is 35.5. The van der Waals surface area contributed by atoms with Crippen LogP contribution in [0.1, 0.15) is 5.56 Å². The molecule has 0 saturated heterocycles. The molecule has 4 aromatic rings. The smallest absolute Gasteiger partial charge is 0.142 e. The molecule has 3 aromatic carbocycles. The van der Waals surface area contributed by atoms with Crippen molar-refractivity contribution in [1.29, 1.82) is 0 Å². The molecular formula is C24H20Cl2N2O2. The number of halogens is 2. The van der Waals surface area contributed by atoms with Crippen molar-refractivity contribution < 1.29 is 9.47 Å². The molecule has 152 valence electrons. The molecule has 0 atom stereocenters. The van der Waals surface area contributed by atoms with Crippen molar-refractivity contribution in [3.63, 3.8) is 0 Å². The number of methoxy groups -OCH3 is 2. The number of hydrogen-bond donors (Lipinski definition) is 1. The molecule has 0 unspecified atom stereocenters. The molecule has 4 nitrogen and oxygen atoms in total. The van der Waals surface area contributed by atoms with Crippen LogP contribution in [-0.4, -0.2) is 24.2 Å². The molecule has 0 radical (unpaired) electrons. The first kappa shape index (κ1) is 20.3. The Kier molecular flexibility index (Phi) is 5.71. The normalized spacial score (nSPS) is 10.8. The average molecular weight is 439 g/mol. The van der Waals surface area contributed by atoms with Crippen LogP contribution in [0.2, 0.25) is 10.0 Å². The third kappa shape index (κ3) is 3.53. The molecule has 4 rings (SSSR count). The molecule has 1 heterocycles. The van der Waals surface area contributed by atoms with Gasteiger partial charge in [-0.25, -0.2) is 4.98 Å². The summed E-state index contributed by atoms with van der Waals surface area (Å²) in [6.45, 7) is 1.96. The minimum atomic E-state index is 0.476. The summed E-state index contributed by atoms with van der Waals surface area (Å²) >= 11 is 12.8. The molecule has 0 aliphatic heterocycles. The third-order valence-corrected chi connectivity index (χ3v) is 5.83. The zero-order valence-corrected chi connectivity index (χ0v) is 18.3. The SMILES string of the molecule is COc1ccc(-c2nc(-c3ccccc3)c(-c3cccc(Cl)c3Cl)[nH]2)c(OC)c1C. The highest BCUT2D eigenvalue weighted by Gasteiger charge is 2.21. The van der Waals surface area contributed by atoms with E-state index in [1.165, 1.54) is 0 Å². The number of aromatic nitrogens is 2. The highest BCUT2D eigenvalue weighted by molar-refractivity contribution is 6.43. The van der Waals surface area contributed by atoms with E-state index >= 15 is 0 Å². The van der Waals surface area contributed by atoms with Crippen LogP contribution in [0.15, 0.2) is 60.7 Å². The molecule has 0 spiro atoms. The summed E-state index contributed by atoms with van der Waals surface area (Å²) < 4.78 is 11.1. The standard InChI is InChI=1S/C24H20Cl2N2O2/c1-14-19(29-2)13-12-17(23(14)30-3)24-27-21(15-8-5-4-6-9-15)22(28-24)16-10-7-11-18(25)20(16)26/h4-13H,1-3H3,(H,27,28). The van der Waals surface area contributed by atoms with Gasteiger partial charge >= 0.3 is 0 Å². The van der Waals surface area contributed by atoms with Gasteiger partial charge in [-0.1, -0.05) is 65.7 Å². The van der Waals surface area contributed by atoms with Gasteiger partial charge < -0.3 is 14.5 Å². The molecule has 1 aromatic heterocycles. The predicted octanol–water partition coefficient (Wildman–Crippen LogP) is 7.04. The van der Waals surface area contributed by atoms with Crippen LogP contribution in [0.4, 0.5) is 0 Å². The summed E-state index contributed by atoms with van der Waals surface area (Å²) in [7, 11) is 3.28. The Morgan fingerprint density at radius 2 is 1.60 bits per heavy atom. The first-order valence-corrected chi connectivity index (χ1v) is 10.1. The van der Waals surface area contributed by atoms with E-state index in [1.807, 2.05) is 61.5 Å². The largest absolute Gasteiger partial charge is 0.496 e. The number of H-pyrrole nitrogens is 1. The molecule has 6 heteroatoms. The zero-order chi connectivity index (χ0) is 21.3. The molecule has 0 aliphatic carbocycles. The lowest BCUT2D eigenvalue weighted by atomic mass is 10.1. The Balaban J connectivity index is 1.98. The minimum absolute atomic E-state index is 0.476. The van der Waals surface area contributed by atoms with E-state index in [0.29, 0.717) is 21.6 Å². The van der Waals surface area contributed by atoms with Crippen molar-refractivity contribution in [3.8, 4) is 45.4 Å². The van der Waals surface area contributed by atoms with Crippen molar-refractivity contribution in [2.45, 2.75) is 6.92 Å². The molecule has 0 fully saturated rings. The summed E-state index contributed by atoms with van der Waals surface area (Å²) in [5.74, 6) is 2.12. The van der Waals surface area contributed by atoms with E-state index in [9.17, 15) is 0 Å². The van der Waals surface area contributed by atoms with Gasteiger partial charge in [-0.05, 0) is 25.1 Å². The van der Waals surface area contributed by atoms with Gasteiger partial charge in [-0.2, -0.15) is 0 Å². The molecule has 1 N–H and O–H groups in total. The van der Waals surface area contributed by atoms with E-state index in [4.69, 9.17) is 37.7 Å². The lowest BCUT2D eigenvalue weighted by Gasteiger charge is -2.13. The second-order valence-electron chi connectivity index (χ2n) is 6.75. The Bertz CT molecular complexity index is 1200. The van der Waals surface area contributed by atoms with Crippen LogP contribution in [0.3, 0.4) is 0 Å². The lowest BCUT2D eigenvalue weighted by Crippen LogP contribution is -1.96. The highest BCUT2D eigenvalue weighted by Crippen LogP contribution is 2.42. The van der Waals surface area contributed by atoms with Gasteiger partial charge in [0.15, 0.2) is 0 Å². The van der Waals surface area contributed by atoms with E-state index in [-0.39, 0.29) is 0 Å². The van der Waals surface area contributed by atoms with Crippen molar-refractivity contribution in [2.75, 3.05) is 14.2 Å². The van der Waals surface area contributed by atoms with Crippen LogP contribution >= 0.6 is 23.2 Å². The minimum Gasteiger partial charge on any atom is -0.496 e. The third-order valence-electron chi connectivity index (χ3n) is 5.01. The van der Waals surface area contributed by atoms with Crippen molar-refractivity contribution in [2.24, 2.45) is 0 Å². The van der Waals surface area contributed by atoms with Gasteiger partial charge in [-0.15, -0.1) is 0 Å². The summed E-state index contributed by atoms with van der Waals surface area (Å²) in [4.78, 5) is 8.37. The second kappa shape index (κ2) is 8.42. The van der Waals surface area contributed by atoms with Gasteiger partial charge in [0, 0.05) is 16.7 Å². The van der Waals surface area contributed by atoms with E-state index in [1.54, 1.807) is 20.3 Å². The predicted molar refractivity (Wildman–Crippen MR) is 123 cm³/mol. The summed E-state index contributed by atoms with van der Waals surface area (Å²) in [6.07, 6.45) is 0. The summed E-state index contributed by atoms with van der Waals surface area (Å²) in [5.41, 5.74) is 5.06. The zero-order valence-electron chi connectivity index (χ0n) is 16.8. The van der Waals surface area contributed by atoms with Gasteiger partial charge in [0.25, 0.3) is 0 Å². The van der Waals surface area contributed by atoms with Crippen molar-refractivity contribution >= 4 is 23.2 Å². The Hall–Kier alpha value is -2.95. The lowest BCUT2D eigenvalue weighted by molar-refractivity contribution is 0.389. The monoisotopic (exact) mass is 438 g/mol. The van der Waals surface area contributed by atoms with Crippen LogP contribution in [0, 0.1) is 6.92 Å². The number of benzene rings is 3. The first-order chi connectivity index (χ1) is 14.5. The molecule has 0 bridgehead atoms. The van der Waals surface area contributed by atoms with Gasteiger partial charge in [-0.3, -0.25) is 0 Å². The number of ether oxygens (including phenoxy) is 2. The molecular weight excluding hydrogens is 419 g/mol. The Labute approximate surface area is 185 Å². The van der Waals surface area contributed by atoms with Crippen LogP contribution in [-0.2, 0) is 0 Å². The maximum atomic E-state index is 6.54. The number of nitrogens with zero attached hydrogens (tertiary/aromatic N) is 1. The fourth-order valence-electron chi connectivity index (χ4n) is 3.54. The number of rotatable bonds is 5. The first-order valence-electron chi connectivity index (χ1n) is 9.37. The average Bonchev–Trinajstić information content (AvgIpc) is 3.21. The number of aromatic amines is 1. The van der Waals surface area contributed by atoms with E-state index in [2.05, 4.69) is 4.98 Å². The van der Waals surface area contributed by atoms with Gasteiger partial charge in [0.1, 0.15) is 17.3 Å². The van der Waals surface area contributed by atoms with Crippen LogP contribution in [0.25, 0.3) is 33.9 Å². The summed E-state index contributed by atoms with van der Waals surface area (Å²) in [6, 6.07) is 19.4. The van der Waals surface area contributed by atoms with Gasteiger partial charge in [0.05, 0.1) is 41.2 Å². The maximum Gasteiger partial charge on any atom is 0.142 e. The summed E-state index contributed by atoms with van der Waals surface area (Å²) in [5, 5.41) is 0.964. The van der Waals surface area contributed by atoms with Gasteiger partial charge in [0.2, 0.25) is 0 Å². The Morgan fingerprint density at radius 1 is 0.833 bits per heavy atom. The maximum absolute atomic E-state index is 6.54. The van der Waals surface area contributed by atoms with Crippen LogP contribution in [0.5, 0.6) is 11.5 Å². The second-order valence-corrected chi connectivity index (χ2v) is 7.54. The van der Waals surface area contributed by atoms with Crippen molar-refractivity contribution in [3.05, 3.63) is 76.3 Å². The van der Waals surface area contributed by atoms with Crippen LogP contribution < -0.4 is 9.47 Å². The number of hydrogen-bond acceptors (Lipinski definition) is 3. The van der Waals surface area contributed by atoms with Crippen molar-refractivity contribution in [1.82, 2.24) is 9.97 Å². The van der Waals surface area contributed by atoms with E-state index in [0.717, 1.165) is 39.4 Å². The fourth-order valence-corrected chi connectivity index (χ4v) is 3.94. The molecule has 0 saturated carbocycles. The van der Waals surface area contributed by atoms with E-state index < -0.39 is 0 Å². The molecule has 30 heavy (non-hydrogen) atoms. The molecule has 0 amide bonds. The topological polar surface area (TPSA) is 47.1 Å². The molecule has 0 aliphatic rings. The quantitative estimate of drug-likeness (QED) is 0.363. The Morgan fingerprint density at radius 3 is 2.30 bits per heavy atom. The number of imidazole rings is 1. The number of nitrogens with one attached hydrogen (secondary N) is 1. The fraction of sp³-hybridized carbons (Fsp3) is 0.125.